The zero-order valence-electron chi connectivity index (χ0n) is 14.2. The number of carboxylic acid groups (broad SMARTS) is 1. The number of aliphatic carboxylic acids is 1. The molecule has 0 spiro atoms. The Bertz CT molecular complexity index is 484. The van der Waals surface area contributed by atoms with Gasteiger partial charge in [0.25, 0.3) is 0 Å². The molecule has 3 atom stereocenters. The lowest BCUT2D eigenvalue weighted by molar-refractivity contribution is -0.142. The van der Waals surface area contributed by atoms with Crippen molar-refractivity contribution < 1.29 is 34.5 Å². The predicted molar refractivity (Wildman–Crippen MR) is 86.1 cm³/mol. The first kappa shape index (κ1) is 22.8. The number of rotatable bonds is 11. The molecule has 0 aliphatic rings. The van der Waals surface area contributed by atoms with Crippen LogP contribution in [0.5, 0.6) is 0 Å². The second-order valence-corrected chi connectivity index (χ2v) is 5.84. The standard InChI is InChI=1S/C14H26N4O7/c1-7(2)3-9(14(24)25)17-11(21)4-16-13(23)10(6-20)18-12(22)8(15)5-19/h7-10,19-20H,3-6,15H2,1-2H3,(H,16,23)(H,17,21)(H,18,22)(H,24,25). The van der Waals surface area contributed by atoms with Gasteiger partial charge in [0.2, 0.25) is 17.7 Å². The Morgan fingerprint density at radius 1 is 0.960 bits per heavy atom. The van der Waals surface area contributed by atoms with Crippen molar-refractivity contribution in [3.63, 3.8) is 0 Å². The summed E-state index contributed by atoms with van der Waals surface area (Å²) >= 11 is 0. The highest BCUT2D eigenvalue weighted by atomic mass is 16.4. The van der Waals surface area contributed by atoms with Crippen molar-refractivity contribution in [3.8, 4) is 0 Å². The Labute approximate surface area is 145 Å². The van der Waals surface area contributed by atoms with Crippen molar-refractivity contribution in [2.45, 2.75) is 38.4 Å². The molecule has 3 unspecified atom stereocenters. The minimum Gasteiger partial charge on any atom is -0.480 e. The van der Waals surface area contributed by atoms with E-state index in [1.54, 1.807) is 13.8 Å². The van der Waals surface area contributed by atoms with Crippen LogP contribution in [0.4, 0.5) is 0 Å². The maximum absolute atomic E-state index is 11.8. The summed E-state index contributed by atoms with van der Waals surface area (Å²) in [7, 11) is 0. The molecular formula is C14H26N4O7. The minimum absolute atomic E-state index is 0.0423. The molecule has 144 valence electrons. The first-order valence-corrected chi connectivity index (χ1v) is 7.69. The van der Waals surface area contributed by atoms with Gasteiger partial charge in [0, 0.05) is 0 Å². The molecule has 0 rings (SSSR count). The van der Waals surface area contributed by atoms with Crippen LogP contribution in [0.2, 0.25) is 0 Å². The Morgan fingerprint density at radius 2 is 1.56 bits per heavy atom. The number of hydrogen-bond donors (Lipinski definition) is 7. The summed E-state index contributed by atoms with van der Waals surface area (Å²) in [6.45, 7) is 1.69. The number of amides is 3. The number of carboxylic acids is 1. The van der Waals surface area contributed by atoms with Gasteiger partial charge in [-0.05, 0) is 12.3 Å². The van der Waals surface area contributed by atoms with E-state index in [-0.39, 0.29) is 12.3 Å². The van der Waals surface area contributed by atoms with Gasteiger partial charge in [-0.1, -0.05) is 13.8 Å². The molecular weight excluding hydrogens is 336 g/mol. The molecule has 11 heteroatoms. The Morgan fingerprint density at radius 3 is 2.00 bits per heavy atom. The maximum Gasteiger partial charge on any atom is 0.326 e. The van der Waals surface area contributed by atoms with E-state index < -0.39 is 61.6 Å². The van der Waals surface area contributed by atoms with Gasteiger partial charge in [0.15, 0.2) is 0 Å². The first-order valence-electron chi connectivity index (χ1n) is 7.69. The summed E-state index contributed by atoms with van der Waals surface area (Å²) in [6.07, 6.45) is 0.226. The molecule has 0 aromatic carbocycles. The van der Waals surface area contributed by atoms with Crippen molar-refractivity contribution in [3.05, 3.63) is 0 Å². The summed E-state index contributed by atoms with van der Waals surface area (Å²) in [5.41, 5.74) is 5.27. The lowest BCUT2D eigenvalue weighted by Crippen LogP contribution is -2.55. The fourth-order valence-corrected chi connectivity index (χ4v) is 1.78. The van der Waals surface area contributed by atoms with Crippen molar-refractivity contribution in [1.29, 1.82) is 0 Å². The summed E-state index contributed by atoms with van der Waals surface area (Å²) in [5.74, 6) is -3.57. The van der Waals surface area contributed by atoms with E-state index in [0.717, 1.165) is 0 Å². The highest BCUT2D eigenvalue weighted by Crippen LogP contribution is 2.04. The third-order valence-electron chi connectivity index (χ3n) is 3.11. The lowest BCUT2D eigenvalue weighted by atomic mass is 10.0. The SMILES string of the molecule is CC(C)CC(NC(=O)CNC(=O)C(CO)NC(=O)C(N)CO)C(=O)O. The highest BCUT2D eigenvalue weighted by Gasteiger charge is 2.24. The number of nitrogens with two attached hydrogens (primary N) is 1. The molecule has 0 heterocycles. The lowest BCUT2D eigenvalue weighted by Gasteiger charge is -2.19. The number of nitrogens with one attached hydrogen (secondary N) is 3. The fraction of sp³-hybridized carbons (Fsp3) is 0.714. The maximum atomic E-state index is 11.8. The van der Waals surface area contributed by atoms with Crippen LogP contribution in [0.3, 0.4) is 0 Å². The zero-order chi connectivity index (χ0) is 19.6. The number of carbonyl (C=O) groups is 4. The van der Waals surface area contributed by atoms with Crippen molar-refractivity contribution >= 4 is 23.7 Å². The molecule has 0 saturated heterocycles. The smallest absolute Gasteiger partial charge is 0.326 e. The van der Waals surface area contributed by atoms with Gasteiger partial charge >= 0.3 is 5.97 Å². The van der Waals surface area contributed by atoms with E-state index in [4.69, 9.17) is 21.1 Å². The molecule has 0 aliphatic heterocycles. The predicted octanol–water partition coefficient (Wildman–Crippen LogP) is -3.49. The molecule has 0 saturated carbocycles. The number of aliphatic hydroxyl groups is 2. The van der Waals surface area contributed by atoms with E-state index >= 15 is 0 Å². The van der Waals surface area contributed by atoms with Crippen LogP contribution in [0, 0.1) is 5.92 Å². The van der Waals surface area contributed by atoms with Gasteiger partial charge in [0.1, 0.15) is 18.1 Å². The molecule has 0 radical (unpaired) electrons. The van der Waals surface area contributed by atoms with Crippen LogP contribution in [0.1, 0.15) is 20.3 Å². The molecule has 8 N–H and O–H groups in total. The first-order chi connectivity index (χ1) is 11.6. The van der Waals surface area contributed by atoms with Crippen LogP contribution in [0.15, 0.2) is 0 Å². The van der Waals surface area contributed by atoms with Crippen molar-refractivity contribution in [2.24, 2.45) is 11.7 Å². The monoisotopic (exact) mass is 362 g/mol. The van der Waals surface area contributed by atoms with Crippen molar-refractivity contribution in [2.75, 3.05) is 19.8 Å². The summed E-state index contributed by atoms with van der Waals surface area (Å²) in [5, 5.41) is 33.5. The molecule has 0 fully saturated rings. The van der Waals surface area contributed by atoms with E-state index in [0.29, 0.717) is 0 Å². The highest BCUT2D eigenvalue weighted by molar-refractivity contribution is 5.92. The molecule has 11 nitrogen and oxygen atoms in total. The van der Waals surface area contributed by atoms with E-state index in [2.05, 4.69) is 16.0 Å². The van der Waals surface area contributed by atoms with Crippen LogP contribution in [-0.4, -0.2) is 76.9 Å². The van der Waals surface area contributed by atoms with Gasteiger partial charge in [-0.15, -0.1) is 0 Å². The quantitative estimate of drug-likeness (QED) is 0.197. The molecule has 0 aliphatic carbocycles. The van der Waals surface area contributed by atoms with E-state index in [1.807, 2.05) is 0 Å². The van der Waals surface area contributed by atoms with Gasteiger partial charge in [0.05, 0.1) is 19.8 Å². The van der Waals surface area contributed by atoms with Crippen LogP contribution < -0.4 is 21.7 Å². The largest absolute Gasteiger partial charge is 0.480 e. The zero-order valence-corrected chi connectivity index (χ0v) is 14.2. The van der Waals surface area contributed by atoms with E-state index in [1.165, 1.54) is 0 Å². The molecule has 3 amide bonds. The van der Waals surface area contributed by atoms with Gasteiger partial charge < -0.3 is 37.0 Å². The molecule has 0 bridgehead atoms. The average molecular weight is 362 g/mol. The summed E-state index contributed by atoms with van der Waals surface area (Å²) in [4.78, 5) is 46.1. The Kier molecular flexibility index (Phi) is 10.3. The normalized spacial score (nSPS) is 14.3. The van der Waals surface area contributed by atoms with Gasteiger partial charge in [-0.3, -0.25) is 14.4 Å². The topological polar surface area (TPSA) is 191 Å². The molecule has 0 aromatic rings. The van der Waals surface area contributed by atoms with Gasteiger partial charge in [-0.2, -0.15) is 0 Å². The Balaban J connectivity index is 4.51. The minimum atomic E-state index is -1.36. The second kappa shape index (κ2) is 11.3. The molecule has 25 heavy (non-hydrogen) atoms. The van der Waals surface area contributed by atoms with Crippen LogP contribution in [-0.2, 0) is 19.2 Å². The second-order valence-electron chi connectivity index (χ2n) is 5.84. The molecule has 0 aromatic heterocycles. The third kappa shape index (κ3) is 8.98. The van der Waals surface area contributed by atoms with E-state index in [9.17, 15) is 19.2 Å². The third-order valence-corrected chi connectivity index (χ3v) is 3.11. The van der Waals surface area contributed by atoms with Crippen LogP contribution >= 0.6 is 0 Å². The number of hydrogen-bond acceptors (Lipinski definition) is 7. The fourth-order valence-electron chi connectivity index (χ4n) is 1.78. The van der Waals surface area contributed by atoms with Gasteiger partial charge in [-0.25, -0.2) is 4.79 Å². The van der Waals surface area contributed by atoms with Crippen molar-refractivity contribution in [1.82, 2.24) is 16.0 Å². The van der Waals surface area contributed by atoms with Crippen LogP contribution in [0.25, 0.3) is 0 Å². The Hall–Kier alpha value is -2.24. The summed E-state index contributed by atoms with van der Waals surface area (Å²) < 4.78 is 0. The number of carbonyl (C=O) groups excluding carboxylic acids is 3. The number of aliphatic hydroxyl groups excluding tert-OH is 2. The average Bonchev–Trinajstić information content (AvgIpc) is 2.55. The summed E-state index contributed by atoms with van der Waals surface area (Å²) in [6, 6.07) is -3.69.